The van der Waals surface area contributed by atoms with Crippen LogP contribution in [0.3, 0.4) is 0 Å². The van der Waals surface area contributed by atoms with Crippen molar-refractivity contribution in [2.75, 3.05) is 11.4 Å². The maximum atomic E-state index is 11.2. The minimum Gasteiger partial charge on any atom is -0.317 e. The Morgan fingerprint density at radius 3 is 2.77 bits per heavy atom. The average molecular weight is 336 g/mol. The van der Waals surface area contributed by atoms with Crippen LogP contribution in [0.5, 0.6) is 0 Å². The molecule has 0 radical (unpaired) electrons. The summed E-state index contributed by atoms with van der Waals surface area (Å²) in [7, 11) is -4.14. The standard InChI is InChI=1S/C15H16N2O3S2/c18-22(19,20)11-5-6-13-10(9-11)7-8-17(13)15-16-12-3-1-2-4-14(12)21-15/h5-6,9H,1-4,7-8H2,(H,18,19,20). The van der Waals surface area contributed by atoms with Crippen molar-refractivity contribution in [1.82, 2.24) is 4.98 Å². The van der Waals surface area contributed by atoms with E-state index >= 15 is 0 Å². The van der Waals surface area contributed by atoms with Gasteiger partial charge in [0.15, 0.2) is 5.13 Å². The van der Waals surface area contributed by atoms with Gasteiger partial charge in [0.25, 0.3) is 10.1 Å². The molecule has 0 unspecified atom stereocenters. The lowest BCUT2D eigenvalue weighted by atomic mass is 10.0. The highest BCUT2D eigenvalue weighted by Gasteiger charge is 2.26. The number of aryl methyl sites for hydroxylation is 2. The van der Waals surface area contributed by atoms with Crippen LogP contribution in [-0.4, -0.2) is 24.5 Å². The largest absolute Gasteiger partial charge is 0.317 e. The first-order valence-corrected chi connectivity index (χ1v) is 9.64. The fourth-order valence-electron chi connectivity index (χ4n) is 3.19. The zero-order valence-electron chi connectivity index (χ0n) is 11.9. The monoisotopic (exact) mass is 336 g/mol. The molecule has 5 nitrogen and oxygen atoms in total. The van der Waals surface area contributed by atoms with Crippen LogP contribution < -0.4 is 4.90 Å². The van der Waals surface area contributed by atoms with E-state index in [9.17, 15) is 8.42 Å². The molecule has 0 amide bonds. The van der Waals surface area contributed by atoms with Gasteiger partial charge in [-0.15, -0.1) is 11.3 Å². The van der Waals surface area contributed by atoms with Crippen molar-refractivity contribution >= 4 is 32.3 Å². The number of benzene rings is 1. The van der Waals surface area contributed by atoms with Crippen LogP contribution in [-0.2, 0) is 29.4 Å². The molecule has 7 heteroatoms. The molecule has 116 valence electrons. The zero-order chi connectivity index (χ0) is 15.3. The van der Waals surface area contributed by atoms with E-state index in [1.165, 1.54) is 29.5 Å². The van der Waals surface area contributed by atoms with Crippen LogP contribution in [0.15, 0.2) is 23.1 Å². The molecule has 1 aliphatic carbocycles. The predicted molar refractivity (Wildman–Crippen MR) is 85.7 cm³/mol. The van der Waals surface area contributed by atoms with Crippen LogP contribution in [0.1, 0.15) is 29.0 Å². The second kappa shape index (κ2) is 5.04. The average Bonchev–Trinajstić information content (AvgIpc) is 3.08. The summed E-state index contributed by atoms with van der Waals surface area (Å²) < 4.78 is 31.7. The highest BCUT2D eigenvalue weighted by molar-refractivity contribution is 7.85. The molecule has 2 heterocycles. The maximum Gasteiger partial charge on any atom is 0.294 e. The zero-order valence-corrected chi connectivity index (χ0v) is 13.6. The van der Waals surface area contributed by atoms with Crippen LogP contribution in [0, 0.1) is 0 Å². The summed E-state index contributed by atoms with van der Waals surface area (Å²) >= 11 is 1.75. The Morgan fingerprint density at radius 1 is 1.18 bits per heavy atom. The van der Waals surface area contributed by atoms with Crippen molar-refractivity contribution in [1.29, 1.82) is 0 Å². The fraction of sp³-hybridized carbons (Fsp3) is 0.400. The van der Waals surface area contributed by atoms with Crippen molar-refractivity contribution in [3.63, 3.8) is 0 Å². The molecule has 4 rings (SSSR count). The molecule has 2 aliphatic rings. The highest BCUT2D eigenvalue weighted by atomic mass is 32.2. The lowest BCUT2D eigenvalue weighted by Crippen LogP contribution is -2.13. The van der Waals surface area contributed by atoms with Crippen LogP contribution in [0.4, 0.5) is 10.8 Å². The second-order valence-corrected chi connectivity index (χ2v) is 8.22. The third kappa shape index (κ3) is 2.33. The van der Waals surface area contributed by atoms with Gasteiger partial charge in [0, 0.05) is 17.1 Å². The number of aromatic nitrogens is 1. The molecule has 0 fully saturated rings. The minimum atomic E-state index is -4.14. The molecule has 0 spiro atoms. The quantitative estimate of drug-likeness (QED) is 0.854. The summed E-state index contributed by atoms with van der Waals surface area (Å²) in [5.74, 6) is 0. The lowest BCUT2D eigenvalue weighted by Gasteiger charge is -2.15. The number of anilines is 2. The molecule has 22 heavy (non-hydrogen) atoms. The third-order valence-corrected chi connectivity index (χ3v) is 6.34. The molecule has 0 bridgehead atoms. The topological polar surface area (TPSA) is 70.5 Å². The summed E-state index contributed by atoms with van der Waals surface area (Å²) in [6, 6.07) is 4.80. The van der Waals surface area contributed by atoms with Gasteiger partial charge in [-0.25, -0.2) is 4.98 Å². The molecule has 1 N–H and O–H groups in total. The summed E-state index contributed by atoms with van der Waals surface area (Å²) in [5.41, 5.74) is 3.18. The smallest absolute Gasteiger partial charge is 0.294 e. The van der Waals surface area contributed by atoms with Gasteiger partial charge < -0.3 is 4.90 Å². The number of fused-ring (bicyclic) bond motifs is 2. The first-order valence-electron chi connectivity index (χ1n) is 7.39. The summed E-state index contributed by atoms with van der Waals surface area (Å²) in [4.78, 5) is 8.30. The van der Waals surface area contributed by atoms with Gasteiger partial charge in [-0.3, -0.25) is 4.55 Å². The Labute approximate surface area is 133 Å². The molecular weight excluding hydrogens is 320 g/mol. The number of thiazole rings is 1. The Bertz CT molecular complexity index is 819. The summed E-state index contributed by atoms with van der Waals surface area (Å²) in [6.45, 7) is 0.802. The number of rotatable bonds is 2. The molecule has 1 aromatic carbocycles. The molecule has 2 aromatic rings. The van der Waals surface area contributed by atoms with Gasteiger partial charge in [-0.05, 0) is 55.9 Å². The summed E-state index contributed by atoms with van der Waals surface area (Å²) in [6.07, 6.45) is 5.40. The number of nitrogens with zero attached hydrogens (tertiary/aromatic N) is 2. The van der Waals surface area contributed by atoms with E-state index in [0.717, 1.165) is 42.2 Å². The Morgan fingerprint density at radius 2 is 2.00 bits per heavy atom. The SMILES string of the molecule is O=S(=O)(O)c1ccc2c(c1)CCN2c1nc2c(s1)CCCC2. The van der Waals surface area contributed by atoms with Crippen molar-refractivity contribution in [2.24, 2.45) is 0 Å². The molecular formula is C15H16N2O3S2. The minimum absolute atomic E-state index is 0.0356. The molecule has 0 saturated heterocycles. The van der Waals surface area contributed by atoms with E-state index in [1.54, 1.807) is 23.5 Å². The number of hydrogen-bond acceptors (Lipinski definition) is 5. The van der Waals surface area contributed by atoms with Gasteiger partial charge >= 0.3 is 0 Å². The van der Waals surface area contributed by atoms with Crippen molar-refractivity contribution in [2.45, 2.75) is 37.0 Å². The third-order valence-electron chi connectivity index (χ3n) is 4.31. The van der Waals surface area contributed by atoms with E-state index in [4.69, 9.17) is 9.54 Å². The van der Waals surface area contributed by atoms with Gasteiger partial charge in [0.2, 0.25) is 0 Å². The normalized spacial score (nSPS) is 17.4. The van der Waals surface area contributed by atoms with E-state index in [2.05, 4.69) is 4.90 Å². The molecule has 0 atom stereocenters. The van der Waals surface area contributed by atoms with E-state index in [0.29, 0.717) is 0 Å². The predicted octanol–water partition coefficient (Wildman–Crippen LogP) is 2.96. The van der Waals surface area contributed by atoms with Crippen LogP contribution in [0.25, 0.3) is 0 Å². The molecule has 0 saturated carbocycles. The Hall–Kier alpha value is -1.44. The highest BCUT2D eigenvalue weighted by Crippen LogP contribution is 2.40. The second-order valence-electron chi connectivity index (χ2n) is 5.74. The molecule has 1 aromatic heterocycles. The van der Waals surface area contributed by atoms with Gasteiger partial charge in [-0.2, -0.15) is 8.42 Å². The lowest BCUT2D eigenvalue weighted by molar-refractivity contribution is 0.483. The van der Waals surface area contributed by atoms with E-state index in [-0.39, 0.29) is 4.90 Å². The maximum absolute atomic E-state index is 11.2. The van der Waals surface area contributed by atoms with Crippen molar-refractivity contribution in [3.05, 3.63) is 34.3 Å². The Balaban J connectivity index is 1.71. The van der Waals surface area contributed by atoms with Crippen molar-refractivity contribution in [3.8, 4) is 0 Å². The van der Waals surface area contributed by atoms with Gasteiger partial charge in [0.1, 0.15) is 0 Å². The number of hydrogen-bond donors (Lipinski definition) is 1. The van der Waals surface area contributed by atoms with E-state index < -0.39 is 10.1 Å². The van der Waals surface area contributed by atoms with Gasteiger partial charge in [-0.1, -0.05) is 0 Å². The fourth-order valence-corrected chi connectivity index (χ4v) is 4.91. The van der Waals surface area contributed by atoms with Crippen molar-refractivity contribution < 1.29 is 13.0 Å². The molecule has 1 aliphatic heterocycles. The van der Waals surface area contributed by atoms with Crippen LogP contribution >= 0.6 is 11.3 Å². The first kappa shape index (κ1) is 14.2. The first-order chi connectivity index (χ1) is 10.5. The summed E-state index contributed by atoms with van der Waals surface area (Å²) in [5, 5.41) is 1.00. The van der Waals surface area contributed by atoms with E-state index in [1.807, 2.05) is 0 Å². The van der Waals surface area contributed by atoms with Crippen LogP contribution in [0.2, 0.25) is 0 Å². The Kier molecular flexibility index (Phi) is 3.25. The van der Waals surface area contributed by atoms with Gasteiger partial charge in [0.05, 0.1) is 10.6 Å².